The largest absolute Gasteiger partial charge is 0.361 e. The maximum absolute atomic E-state index is 11.7. The van der Waals surface area contributed by atoms with E-state index in [1.54, 1.807) is 30.3 Å². The average Bonchev–Trinajstić information content (AvgIpc) is 2.47. The number of halogens is 3. The lowest BCUT2D eigenvalue weighted by molar-refractivity contribution is -0.137. The molecule has 1 N–H and O–H groups in total. The summed E-state index contributed by atoms with van der Waals surface area (Å²) in [5.41, 5.74) is 1.72. The monoisotopic (exact) mass is 355 g/mol. The summed E-state index contributed by atoms with van der Waals surface area (Å²) in [6.45, 7) is -0.00110. The zero-order valence-electron chi connectivity index (χ0n) is 11.4. The van der Waals surface area contributed by atoms with Gasteiger partial charge < -0.3 is 10.1 Å². The van der Waals surface area contributed by atoms with Crippen molar-refractivity contribution in [3.63, 3.8) is 0 Å². The molecule has 1 unspecified atom stereocenters. The van der Waals surface area contributed by atoms with E-state index in [0.717, 1.165) is 11.1 Å². The van der Waals surface area contributed by atoms with Gasteiger partial charge in [0.05, 0.1) is 6.04 Å². The number of hydrogen-bond acceptors (Lipinski definition) is 2. The van der Waals surface area contributed by atoms with E-state index in [4.69, 9.17) is 39.5 Å². The molecule has 1 amide bonds. The standard InChI is InChI=1S/C16H12Cl3NO2/c17-11-3-1-9(2-4-11)15-16(22-8-14(21)20-15)10-5-12(18)7-13(19)6-10/h1-7,15-16H,8H2,(H,20,21)/t15?,16-/m1/s1. The normalized spacial score (nSPS) is 21.5. The van der Waals surface area contributed by atoms with E-state index in [2.05, 4.69) is 5.32 Å². The highest BCUT2D eigenvalue weighted by Crippen LogP contribution is 2.37. The summed E-state index contributed by atoms with van der Waals surface area (Å²) in [5.74, 6) is -0.163. The number of morpholine rings is 1. The minimum Gasteiger partial charge on any atom is -0.361 e. The fourth-order valence-corrected chi connectivity index (χ4v) is 3.18. The van der Waals surface area contributed by atoms with Crippen molar-refractivity contribution in [2.75, 3.05) is 6.61 Å². The molecule has 2 aromatic rings. The van der Waals surface area contributed by atoms with Crippen molar-refractivity contribution in [1.82, 2.24) is 5.32 Å². The highest BCUT2D eigenvalue weighted by atomic mass is 35.5. The highest BCUT2D eigenvalue weighted by molar-refractivity contribution is 6.34. The van der Waals surface area contributed by atoms with Crippen LogP contribution in [0.1, 0.15) is 23.3 Å². The van der Waals surface area contributed by atoms with Crippen LogP contribution < -0.4 is 5.32 Å². The second-order valence-corrected chi connectivity index (χ2v) is 6.34. The molecule has 22 heavy (non-hydrogen) atoms. The molecule has 0 radical (unpaired) electrons. The zero-order valence-corrected chi connectivity index (χ0v) is 13.6. The fourth-order valence-electron chi connectivity index (χ4n) is 2.51. The van der Waals surface area contributed by atoms with E-state index in [0.29, 0.717) is 15.1 Å². The Morgan fingerprint density at radius 2 is 1.55 bits per heavy atom. The van der Waals surface area contributed by atoms with E-state index < -0.39 is 0 Å². The summed E-state index contributed by atoms with van der Waals surface area (Å²) in [7, 11) is 0. The van der Waals surface area contributed by atoms with Gasteiger partial charge in [-0.05, 0) is 41.5 Å². The summed E-state index contributed by atoms with van der Waals surface area (Å²) >= 11 is 18.1. The second-order valence-electron chi connectivity index (χ2n) is 5.03. The van der Waals surface area contributed by atoms with Crippen LogP contribution >= 0.6 is 34.8 Å². The van der Waals surface area contributed by atoms with Crippen LogP contribution in [-0.4, -0.2) is 12.5 Å². The molecule has 0 spiro atoms. The van der Waals surface area contributed by atoms with Gasteiger partial charge in [0.2, 0.25) is 5.91 Å². The van der Waals surface area contributed by atoms with Crippen molar-refractivity contribution in [3.8, 4) is 0 Å². The summed E-state index contributed by atoms with van der Waals surface area (Å²) in [6.07, 6.45) is -0.366. The topological polar surface area (TPSA) is 38.3 Å². The van der Waals surface area contributed by atoms with Crippen LogP contribution in [0.4, 0.5) is 0 Å². The number of amides is 1. The van der Waals surface area contributed by atoms with Gasteiger partial charge in [-0.15, -0.1) is 0 Å². The molecule has 0 aromatic heterocycles. The number of nitrogens with one attached hydrogen (secondary N) is 1. The van der Waals surface area contributed by atoms with Crippen LogP contribution in [0.2, 0.25) is 15.1 Å². The zero-order chi connectivity index (χ0) is 15.7. The molecule has 0 aliphatic carbocycles. The smallest absolute Gasteiger partial charge is 0.246 e. The second kappa shape index (κ2) is 6.47. The van der Waals surface area contributed by atoms with Gasteiger partial charge in [0.1, 0.15) is 12.7 Å². The maximum atomic E-state index is 11.7. The van der Waals surface area contributed by atoms with Gasteiger partial charge >= 0.3 is 0 Å². The van der Waals surface area contributed by atoms with Gasteiger partial charge in [0.15, 0.2) is 0 Å². The fraction of sp³-hybridized carbons (Fsp3) is 0.188. The van der Waals surface area contributed by atoms with Crippen molar-refractivity contribution in [2.45, 2.75) is 12.1 Å². The molecule has 1 saturated heterocycles. The van der Waals surface area contributed by atoms with Gasteiger partial charge in [-0.1, -0.05) is 46.9 Å². The Morgan fingerprint density at radius 3 is 2.18 bits per heavy atom. The predicted octanol–water partition coefficient (Wildman–Crippen LogP) is 4.58. The molecule has 0 saturated carbocycles. The lowest BCUT2D eigenvalue weighted by Crippen LogP contribution is -2.41. The third-order valence-corrected chi connectivity index (χ3v) is 4.14. The third-order valence-electron chi connectivity index (χ3n) is 3.46. The molecular weight excluding hydrogens is 345 g/mol. The molecule has 1 aliphatic rings. The number of rotatable bonds is 2. The van der Waals surface area contributed by atoms with Crippen LogP contribution in [0.25, 0.3) is 0 Å². The molecule has 1 aliphatic heterocycles. The Morgan fingerprint density at radius 1 is 0.909 bits per heavy atom. The quantitative estimate of drug-likeness (QED) is 0.855. The SMILES string of the molecule is O=C1CO[C@H](c2cc(Cl)cc(Cl)c2)C(c2ccc(Cl)cc2)N1. The van der Waals surface area contributed by atoms with Gasteiger partial charge in [0.25, 0.3) is 0 Å². The molecule has 1 fully saturated rings. The lowest BCUT2D eigenvalue weighted by atomic mass is 9.94. The van der Waals surface area contributed by atoms with E-state index in [1.807, 2.05) is 12.1 Å². The summed E-state index contributed by atoms with van der Waals surface area (Å²) in [4.78, 5) is 11.7. The van der Waals surface area contributed by atoms with Gasteiger partial charge in [-0.3, -0.25) is 4.79 Å². The highest BCUT2D eigenvalue weighted by Gasteiger charge is 2.32. The first-order valence-electron chi connectivity index (χ1n) is 6.65. The van der Waals surface area contributed by atoms with E-state index in [-0.39, 0.29) is 24.7 Å². The molecule has 114 valence electrons. The third kappa shape index (κ3) is 3.39. The molecule has 3 nitrogen and oxygen atoms in total. The van der Waals surface area contributed by atoms with Gasteiger partial charge in [0, 0.05) is 15.1 Å². The Bertz CT molecular complexity index is 683. The number of benzene rings is 2. The molecule has 6 heteroatoms. The van der Waals surface area contributed by atoms with Crippen molar-refractivity contribution in [3.05, 3.63) is 68.7 Å². The van der Waals surface area contributed by atoms with Crippen LogP contribution in [-0.2, 0) is 9.53 Å². The number of carbonyl (C=O) groups excluding carboxylic acids is 1. The summed E-state index contributed by atoms with van der Waals surface area (Å²) < 4.78 is 5.72. The van der Waals surface area contributed by atoms with Crippen molar-refractivity contribution >= 4 is 40.7 Å². The van der Waals surface area contributed by atoms with Crippen LogP contribution in [0, 0.1) is 0 Å². The van der Waals surface area contributed by atoms with E-state index in [9.17, 15) is 4.79 Å². The molecule has 1 heterocycles. The first-order valence-corrected chi connectivity index (χ1v) is 7.79. The van der Waals surface area contributed by atoms with E-state index >= 15 is 0 Å². The average molecular weight is 357 g/mol. The Balaban J connectivity index is 1.99. The Hall–Kier alpha value is -1.26. The van der Waals surface area contributed by atoms with Crippen LogP contribution in [0.5, 0.6) is 0 Å². The Labute approximate surface area is 143 Å². The first kappa shape index (κ1) is 15.6. The molecule has 2 aromatic carbocycles. The van der Waals surface area contributed by atoms with E-state index in [1.165, 1.54) is 0 Å². The minimum atomic E-state index is -0.366. The molecule has 2 atom stereocenters. The molecule has 3 rings (SSSR count). The first-order chi connectivity index (χ1) is 10.5. The van der Waals surface area contributed by atoms with Crippen molar-refractivity contribution < 1.29 is 9.53 Å². The molecular formula is C16H12Cl3NO2. The molecule has 0 bridgehead atoms. The van der Waals surface area contributed by atoms with Gasteiger partial charge in [-0.2, -0.15) is 0 Å². The van der Waals surface area contributed by atoms with Crippen molar-refractivity contribution in [1.29, 1.82) is 0 Å². The Kier molecular flexibility index (Phi) is 4.59. The predicted molar refractivity (Wildman–Crippen MR) is 87.5 cm³/mol. The number of hydrogen-bond donors (Lipinski definition) is 1. The number of ether oxygens (including phenoxy) is 1. The summed E-state index contributed by atoms with van der Waals surface area (Å²) in [5, 5.41) is 4.63. The lowest BCUT2D eigenvalue weighted by Gasteiger charge is -2.33. The van der Waals surface area contributed by atoms with Gasteiger partial charge in [-0.25, -0.2) is 0 Å². The summed E-state index contributed by atoms with van der Waals surface area (Å²) in [6, 6.07) is 12.2. The number of carbonyl (C=O) groups is 1. The van der Waals surface area contributed by atoms with Crippen molar-refractivity contribution in [2.24, 2.45) is 0 Å². The maximum Gasteiger partial charge on any atom is 0.246 e. The minimum absolute atomic E-state index is 0.00110. The van der Waals surface area contributed by atoms with Crippen LogP contribution in [0.3, 0.4) is 0 Å². The van der Waals surface area contributed by atoms with Crippen LogP contribution in [0.15, 0.2) is 42.5 Å².